The van der Waals surface area contributed by atoms with Gasteiger partial charge in [-0.15, -0.1) is 11.3 Å². The van der Waals surface area contributed by atoms with Crippen LogP contribution < -0.4 is 5.32 Å². The highest BCUT2D eigenvalue weighted by Crippen LogP contribution is 2.29. The van der Waals surface area contributed by atoms with Crippen LogP contribution in [-0.4, -0.2) is 31.9 Å². The number of carboxylic acids is 1. The minimum Gasteiger partial charge on any atom is -0.477 e. The maximum Gasteiger partial charge on any atom is 0.354 e. The van der Waals surface area contributed by atoms with Crippen LogP contribution in [0.3, 0.4) is 0 Å². The number of thiazole rings is 1. The molecule has 1 aliphatic carbocycles. The molecule has 0 fully saturated rings. The van der Waals surface area contributed by atoms with Gasteiger partial charge in [0.2, 0.25) is 0 Å². The summed E-state index contributed by atoms with van der Waals surface area (Å²) in [6.07, 6.45) is 5.37. The molecule has 2 aromatic heterocycles. The van der Waals surface area contributed by atoms with Crippen molar-refractivity contribution in [2.75, 3.05) is 5.32 Å². The van der Waals surface area contributed by atoms with Crippen molar-refractivity contribution in [3.8, 4) is 0 Å². The highest BCUT2D eigenvalue weighted by Gasteiger charge is 2.22. The van der Waals surface area contributed by atoms with E-state index in [4.69, 9.17) is 5.11 Å². The van der Waals surface area contributed by atoms with Crippen LogP contribution in [0.15, 0.2) is 6.33 Å². The number of imidazole rings is 1. The standard InChI is InChI=1S/C12H12N4O3S/c17-10(8-9(11(18)19)14-5-13-8)16-12-15-6-3-1-2-4-7(6)20-12/h5H,1-4H2,(H,13,14)(H,18,19)(H,15,16,17). The maximum atomic E-state index is 12.0. The fourth-order valence-corrected chi connectivity index (χ4v) is 3.24. The molecule has 0 bridgehead atoms. The van der Waals surface area contributed by atoms with Crippen LogP contribution in [0, 0.1) is 0 Å². The average Bonchev–Trinajstić information content (AvgIpc) is 3.04. The largest absolute Gasteiger partial charge is 0.477 e. The molecular formula is C12H12N4O3S. The van der Waals surface area contributed by atoms with Crippen LogP contribution in [0.5, 0.6) is 0 Å². The van der Waals surface area contributed by atoms with E-state index in [0.29, 0.717) is 5.13 Å². The highest BCUT2D eigenvalue weighted by atomic mass is 32.1. The molecule has 0 saturated carbocycles. The van der Waals surface area contributed by atoms with E-state index in [-0.39, 0.29) is 11.4 Å². The number of carbonyl (C=O) groups is 2. The first-order chi connectivity index (χ1) is 9.65. The second kappa shape index (κ2) is 5.04. The van der Waals surface area contributed by atoms with Crippen LogP contribution in [0.1, 0.15) is 44.4 Å². The van der Waals surface area contributed by atoms with Crippen molar-refractivity contribution in [1.29, 1.82) is 0 Å². The van der Waals surface area contributed by atoms with Crippen molar-refractivity contribution in [2.24, 2.45) is 0 Å². The molecule has 3 N–H and O–H groups in total. The molecule has 0 unspecified atom stereocenters. The normalized spacial score (nSPS) is 13.8. The Bertz CT molecular complexity index is 653. The van der Waals surface area contributed by atoms with Crippen LogP contribution in [0.25, 0.3) is 0 Å². The molecule has 0 saturated heterocycles. The number of anilines is 1. The topological polar surface area (TPSA) is 108 Å². The molecule has 3 rings (SSSR count). The number of fused-ring (bicyclic) bond motifs is 1. The molecule has 0 spiro atoms. The van der Waals surface area contributed by atoms with Gasteiger partial charge in [-0.05, 0) is 25.7 Å². The zero-order chi connectivity index (χ0) is 14.1. The Morgan fingerprint density at radius 2 is 2.15 bits per heavy atom. The second-order valence-corrected chi connectivity index (χ2v) is 5.57. The second-order valence-electron chi connectivity index (χ2n) is 4.48. The van der Waals surface area contributed by atoms with E-state index in [1.54, 1.807) is 0 Å². The zero-order valence-corrected chi connectivity index (χ0v) is 11.3. The summed E-state index contributed by atoms with van der Waals surface area (Å²) < 4.78 is 0. The van der Waals surface area contributed by atoms with Gasteiger partial charge in [-0.25, -0.2) is 14.8 Å². The number of aryl methyl sites for hydroxylation is 2. The third-order valence-electron chi connectivity index (χ3n) is 3.13. The Morgan fingerprint density at radius 3 is 2.90 bits per heavy atom. The van der Waals surface area contributed by atoms with Gasteiger partial charge in [-0.1, -0.05) is 0 Å². The Balaban J connectivity index is 1.80. The summed E-state index contributed by atoms with van der Waals surface area (Å²) in [5.41, 5.74) is 0.687. The Morgan fingerprint density at radius 1 is 1.35 bits per heavy atom. The molecular weight excluding hydrogens is 280 g/mol. The molecule has 20 heavy (non-hydrogen) atoms. The molecule has 1 aliphatic rings. The fraction of sp³-hybridized carbons (Fsp3) is 0.333. The van der Waals surface area contributed by atoms with Gasteiger partial charge >= 0.3 is 5.97 Å². The van der Waals surface area contributed by atoms with Crippen molar-refractivity contribution in [2.45, 2.75) is 25.7 Å². The monoisotopic (exact) mass is 292 g/mol. The first-order valence-corrected chi connectivity index (χ1v) is 7.03. The van der Waals surface area contributed by atoms with Gasteiger partial charge in [-0.3, -0.25) is 10.1 Å². The molecule has 104 valence electrons. The lowest BCUT2D eigenvalue weighted by Gasteiger charge is -2.06. The lowest BCUT2D eigenvalue weighted by atomic mass is 10.0. The van der Waals surface area contributed by atoms with E-state index in [0.717, 1.165) is 31.4 Å². The molecule has 0 atom stereocenters. The zero-order valence-electron chi connectivity index (χ0n) is 10.5. The molecule has 2 aromatic rings. The van der Waals surface area contributed by atoms with Crippen molar-refractivity contribution in [3.05, 3.63) is 28.3 Å². The van der Waals surface area contributed by atoms with E-state index >= 15 is 0 Å². The van der Waals surface area contributed by atoms with Gasteiger partial charge < -0.3 is 10.1 Å². The number of H-pyrrole nitrogens is 1. The average molecular weight is 292 g/mol. The molecule has 0 aliphatic heterocycles. The van der Waals surface area contributed by atoms with Gasteiger partial charge in [0.1, 0.15) is 0 Å². The maximum absolute atomic E-state index is 12.0. The highest BCUT2D eigenvalue weighted by molar-refractivity contribution is 7.15. The Kier molecular flexibility index (Phi) is 3.23. The first kappa shape index (κ1) is 12.8. The summed E-state index contributed by atoms with van der Waals surface area (Å²) in [6, 6.07) is 0. The van der Waals surface area contributed by atoms with Crippen molar-refractivity contribution in [1.82, 2.24) is 15.0 Å². The van der Waals surface area contributed by atoms with Gasteiger partial charge in [0.05, 0.1) is 12.0 Å². The lowest BCUT2D eigenvalue weighted by Crippen LogP contribution is -2.16. The number of rotatable bonds is 3. The molecule has 0 radical (unpaired) electrons. The molecule has 0 aromatic carbocycles. The van der Waals surface area contributed by atoms with Gasteiger partial charge in [-0.2, -0.15) is 0 Å². The number of carbonyl (C=O) groups excluding carboxylic acids is 1. The predicted molar refractivity (Wildman–Crippen MR) is 72.3 cm³/mol. The van der Waals surface area contributed by atoms with E-state index in [2.05, 4.69) is 20.3 Å². The van der Waals surface area contributed by atoms with Crippen LogP contribution in [0.2, 0.25) is 0 Å². The van der Waals surface area contributed by atoms with Crippen molar-refractivity contribution in [3.63, 3.8) is 0 Å². The summed E-state index contributed by atoms with van der Waals surface area (Å²) in [5.74, 6) is -1.78. The summed E-state index contributed by atoms with van der Waals surface area (Å²) >= 11 is 1.45. The Labute approximate surface area is 118 Å². The smallest absolute Gasteiger partial charge is 0.354 e. The SMILES string of the molecule is O=C(Nc1nc2c(s1)CCCC2)c1nc[nH]c1C(=O)O. The number of amides is 1. The van der Waals surface area contributed by atoms with E-state index in [1.165, 1.54) is 22.5 Å². The van der Waals surface area contributed by atoms with E-state index in [9.17, 15) is 9.59 Å². The molecule has 7 nitrogen and oxygen atoms in total. The number of aromatic amines is 1. The minimum atomic E-state index is -1.22. The summed E-state index contributed by atoms with van der Waals surface area (Å²) in [4.78, 5) is 34.7. The quantitative estimate of drug-likeness (QED) is 0.798. The Hall–Kier alpha value is -2.22. The third-order valence-corrected chi connectivity index (χ3v) is 4.21. The number of carboxylic acid groups (broad SMARTS) is 1. The number of nitrogens with one attached hydrogen (secondary N) is 2. The summed E-state index contributed by atoms with van der Waals surface area (Å²) in [7, 11) is 0. The molecule has 8 heteroatoms. The number of aromatic carboxylic acids is 1. The van der Waals surface area contributed by atoms with Crippen molar-refractivity contribution < 1.29 is 14.7 Å². The summed E-state index contributed by atoms with van der Waals surface area (Å²) in [6.45, 7) is 0. The molecule has 1 amide bonds. The van der Waals surface area contributed by atoms with Gasteiger partial charge in [0, 0.05) is 4.88 Å². The fourth-order valence-electron chi connectivity index (χ4n) is 2.19. The predicted octanol–water partition coefficient (Wildman–Crippen LogP) is 1.70. The van der Waals surface area contributed by atoms with E-state index in [1.807, 2.05) is 0 Å². The van der Waals surface area contributed by atoms with Gasteiger partial charge in [0.25, 0.3) is 5.91 Å². The number of aromatic nitrogens is 3. The van der Waals surface area contributed by atoms with Crippen molar-refractivity contribution >= 4 is 28.3 Å². The number of hydrogen-bond donors (Lipinski definition) is 3. The first-order valence-electron chi connectivity index (χ1n) is 6.21. The lowest BCUT2D eigenvalue weighted by molar-refractivity contribution is 0.0686. The van der Waals surface area contributed by atoms with Crippen LogP contribution in [0.4, 0.5) is 5.13 Å². The third kappa shape index (κ3) is 2.29. The number of nitrogens with zero attached hydrogens (tertiary/aromatic N) is 2. The molecule has 2 heterocycles. The van der Waals surface area contributed by atoms with E-state index < -0.39 is 11.9 Å². The van der Waals surface area contributed by atoms with Gasteiger partial charge in [0.15, 0.2) is 16.5 Å². The van der Waals surface area contributed by atoms with Crippen LogP contribution in [-0.2, 0) is 12.8 Å². The van der Waals surface area contributed by atoms with Crippen LogP contribution >= 0.6 is 11.3 Å². The minimum absolute atomic E-state index is 0.134. The number of hydrogen-bond acceptors (Lipinski definition) is 5. The summed E-state index contributed by atoms with van der Waals surface area (Å²) in [5, 5.41) is 12.1.